The zero-order valence-electron chi connectivity index (χ0n) is 13.6. The maximum atomic E-state index is 12.6. The van der Waals surface area contributed by atoms with Crippen LogP contribution in [0, 0.1) is 0 Å². The number of ether oxygens (including phenoxy) is 1. The lowest BCUT2D eigenvalue weighted by atomic mass is 10.2. The van der Waals surface area contributed by atoms with Crippen molar-refractivity contribution >= 4 is 57.8 Å². The molecule has 1 aliphatic rings. The number of nitrogens with one attached hydrogen (secondary N) is 1. The summed E-state index contributed by atoms with van der Waals surface area (Å²) in [7, 11) is 1.56. The van der Waals surface area contributed by atoms with E-state index in [1.165, 1.54) is 0 Å². The van der Waals surface area contributed by atoms with Gasteiger partial charge in [0, 0.05) is 16.1 Å². The molecule has 2 aromatic carbocycles. The molecular weight excluding hydrogens is 392 g/mol. The van der Waals surface area contributed by atoms with Crippen LogP contribution >= 0.6 is 35.6 Å². The van der Waals surface area contributed by atoms with Crippen LogP contribution in [-0.4, -0.2) is 28.3 Å². The zero-order valence-corrected chi connectivity index (χ0v) is 16.0. The van der Waals surface area contributed by atoms with Crippen LogP contribution in [0.2, 0.25) is 5.02 Å². The number of methoxy groups -OCH3 is 1. The van der Waals surface area contributed by atoms with Gasteiger partial charge in [0.15, 0.2) is 4.32 Å². The van der Waals surface area contributed by atoms with Gasteiger partial charge in [-0.05, 0) is 48.6 Å². The zero-order chi connectivity index (χ0) is 18.7. The Morgan fingerprint density at radius 2 is 1.92 bits per heavy atom. The van der Waals surface area contributed by atoms with E-state index in [-0.39, 0.29) is 4.32 Å². The van der Waals surface area contributed by atoms with E-state index in [0.29, 0.717) is 21.2 Å². The number of carbonyl (C=O) groups is 2. The second kappa shape index (κ2) is 7.90. The van der Waals surface area contributed by atoms with Crippen molar-refractivity contribution in [2.24, 2.45) is 0 Å². The number of para-hydroxylation sites is 1. The van der Waals surface area contributed by atoms with Crippen molar-refractivity contribution in [3.63, 3.8) is 0 Å². The van der Waals surface area contributed by atoms with Crippen molar-refractivity contribution in [2.75, 3.05) is 7.11 Å². The third-order valence-electron chi connectivity index (χ3n) is 3.54. The summed E-state index contributed by atoms with van der Waals surface area (Å²) in [6, 6.07) is 13.7. The highest BCUT2D eigenvalue weighted by atomic mass is 35.5. The Balaban J connectivity index is 1.79. The summed E-state index contributed by atoms with van der Waals surface area (Å²) in [5, 5.41) is 1.59. The summed E-state index contributed by atoms with van der Waals surface area (Å²) in [5.74, 6) is -0.201. The van der Waals surface area contributed by atoms with Crippen molar-refractivity contribution in [3.8, 4) is 5.75 Å². The Bertz CT molecular complexity index is 913. The van der Waals surface area contributed by atoms with Crippen LogP contribution in [0.1, 0.15) is 15.9 Å². The van der Waals surface area contributed by atoms with Gasteiger partial charge in [0.2, 0.25) is 0 Å². The van der Waals surface area contributed by atoms with E-state index in [1.807, 2.05) is 18.2 Å². The highest BCUT2D eigenvalue weighted by Gasteiger charge is 2.34. The molecule has 5 nitrogen and oxygen atoms in total. The molecule has 1 saturated heterocycles. The standard InChI is InChI=1S/C18H13ClN2O3S2/c1-24-14-5-3-2-4-12(14)10-15-17(23)21(18(25)26-15)20-16(22)11-6-8-13(19)9-7-11/h2-10H,1H3,(H,20,22)/b15-10-. The topological polar surface area (TPSA) is 58.6 Å². The number of thioether (sulfide) groups is 1. The van der Waals surface area contributed by atoms with Crippen molar-refractivity contribution in [3.05, 3.63) is 69.6 Å². The molecule has 0 aliphatic carbocycles. The fourth-order valence-electron chi connectivity index (χ4n) is 2.26. The minimum atomic E-state index is -0.448. The minimum Gasteiger partial charge on any atom is -0.496 e. The number of hydrazine groups is 1. The number of carbonyl (C=O) groups excluding carboxylic acids is 2. The second-order valence-electron chi connectivity index (χ2n) is 5.21. The average molecular weight is 405 g/mol. The van der Waals surface area contributed by atoms with Crippen LogP contribution in [0.4, 0.5) is 0 Å². The van der Waals surface area contributed by atoms with E-state index >= 15 is 0 Å². The van der Waals surface area contributed by atoms with Crippen molar-refractivity contribution < 1.29 is 14.3 Å². The summed E-state index contributed by atoms with van der Waals surface area (Å²) in [4.78, 5) is 25.3. The molecule has 0 unspecified atom stereocenters. The molecule has 1 heterocycles. The van der Waals surface area contributed by atoms with Crippen LogP contribution in [0.3, 0.4) is 0 Å². The summed E-state index contributed by atoms with van der Waals surface area (Å²) < 4.78 is 5.53. The molecule has 1 aliphatic heterocycles. The Kier molecular flexibility index (Phi) is 5.61. The third kappa shape index (κ3) is 3.90. The monoisotopic (exact) mass is 404 g/mol. The quantitative estimate of drug-likeness (QED) is 0.618. The summed E-state index contributed by atoms with van der Waals surface area (Å²) >= 11 is 12.2. The van der Waals surface area contributed by atoms with E-state index < -0.39 is 11.8 Å². The normalized spacial score (nSPS) is 15.5. The number of thiocarbonyl (C=S) groups is 1. The van der Waals surface area contributed by atoms with Gasteiger partial charge in [-0.3, -0.25) is 15.0 Å². The van der Waals surface area contributed by atoms with E-state index in [1.54, 1.807) is 43.5 Å². The van der Waals surface area contributed by atoms with Gasteiger partial charge in [0.05, 0.1) is 12.0 Å². The third-order valence-corrected chi connectivity index (χ3v) is 5.09. The van der Waals surface area contributed by atoms with Crippen molar-refractivity contribution in [1.82, 2.24) is 10.4 Å². The number of benzene rings is 2. The Hall–Kier alpha value is -2.35. The lowest BCUT2D eigenvalue weighted by Crippen LogP contribution is -2.44. The van der Waals surface area contributed by atoms with Gasteiger partial charge in [-0.15, -0.1) is 0 Å². The van der Waals surface area contributed by atoms with Gasteiger partial charge in [-0.2, -0.15) is 5.01 Å². The van der Waals surface area contributed by atoms with Gasteiger partial charge < -0.3 is 4.74 Å². The maximum Gasteiger partial charge on any atom is 0.285 e. The molecule has 0 radical (unpaired) electrons. The molecule has 1 N–H and O–H groups in total. The summed E-state index contributed by atoms with van der Waals surface area (Å²) in [6.07, 6.45) is 1.69. The molecule has 1 fully saturated rings. The van der Waals surface area contributed by atoms with Crippen LogP contribution in [0.5, 0.6) is 5.75 Å². The van der Waals surface area contributed by atoms with E-state index in [0.717, 1.165) is 22.3 Å². The molecule has 132 valence electrons. The molecule has 0 spiro atoms. The molecule has 2 aromatic rings. The number of hydrogen-bond donors (Lipinski definition) is 1. The average Bonchev–Trinajstić information content (AvgIpc) is 2.90. The fourth-order valence-corrected chi connectivity index (χ4v) is 3.55. The Morgan fingerprint density at radius 1 is 1.23 bits per heavy atom. The van der Waals surface area contributed by atoms with Crippen LogP contribution < -0.4 is 10.2 Å². The smallest absolute Gasteiger partial charge is 0.285 e. The molecule has 0 atom stereocenters. The molecule has 26 heavy (non-hydrogen) atoms. The SMILES string of the molecule is COc1ccccc1/C=C1\SC(=S)N(NC(=O)c2ccc(Cl)cc2)C1=O. The van der Waals surface area contributed by atoms with Crippen molar-refractivity contribution in [2.45, 2.75) is 0 Å². The molecule has 0 aromatic heterocycles. The van der Waals surface area contributed by atoms with Gasteiger partial charge in [0.25, 0.3) is 11.8 Å². The molecular formula is C18H13ClN2O3S2. The predicted molar refractivity (Wildman–Crippen MR) is 107 cm³/mol. The first-order valence-electron chi connectivity index (χ1n) is 7.47. The summed E-state index contributed by atoms with van der Waals surface area (Å²) in [6.45, 7) is 0. The van der Waals surface area contributed by atoms with Crippen LogP contribution in [0.25, 0.3) is 6.08 Å². The lowest BCUT2D eigenvalue weighted by Gasteiger charge is -2.15. The first kappa shape index (κ1) is 18.4. The second-order valence-corrected chi connectivity index (χ2v) is 7.32. The first-order chi connectivity index (χ1) is 12.5. The predicted octanol–water partition coefficient (Wildman–Crippen LogP) is 3.89. The molecule has 2 amide bonds. The number of amides is 2. The molecule has 8 heteroatoms. The lowest BCUT2D eigenvalue weighted by molar-refractivity contribution is -0.123. The van der Waals surface area contributed by atoms with Gasteiger partial charge in [-0.1, -0.05) is 41.6 Å². The number of halogens is 1. The molecule has 3 rings (SSSR count). The molecule has 0 bridgehead atoms. The number of nitrogens with zero attached hydrogens (tertiary/aromatic N) is 1. The highest BCUT2D eigenvalue weighted by molar-refractivity contribution is 8.26. The largest absolute Gasteiger partial charge is 0.496 e. The Morgan fingerprint density at radius 3 is 2.62 bits per heavy atom. The van der Waals surface area contributed by atoms with Crippen LogP contribution in [0.15, 0.2) is 53.4 Å². The van der Waals surface area contributed by atoms with Crippen LogP contribution in [-0.2, 0) is 4.79 Å². The molecule has 0 saturated carbocycles. The first-order valence-corrected chi connectivity index (χ1v) is 9.07. The van der Waals surface area contributed by atoms with Crippen molar-refractivity contribution in [1.29, 1.82) is 0 Å². The maximum absolute atomic E-state index is 12.6. The van der Waals surface area contributed by atoms with Gasteiger partial charge in [0.1, 0.15) is 5.75 Å². The van der Waals surface area contributed by atoms with Gasteiger partial charge >= 0.3 is 0 Å². The van der Waals surface area contributed by atoms with E-state index in [2.05, 4.69) is 5.43 Å². The number of hydrogen-bond acceptors (Lipinski definition) is 5. The Labute approximate surface area is 164 Å². The van der Waals surface area contributed by atoms with E-state index in [9.17, 15) is 9.59 Å². The van der Waals surface area contributed by atoms with Gasteiger partial charge in [-0.25, -0.2) is 0 Å². The fraction of sp³-hybridized carbons (Fsp3) is 0.0556. The summed E-state index contributed by atoms with van der Waals surface area (Å²) in [5.41, 5.74) is 3.65. The minimum absolute atomic E-state index is 0.249. The highest BCUT2D eigenvalue weighted by Crippen LogP contribution is 2.33. The number of rotatable bonds is 4. The van der Waals surface area contributed by atoms with E-state index in [4.69, 9.17) is 28.6 Å².